The third-order valence-electron chi connectivity index (χ3n) is 1.81. The smallest absolute Gasteiger partial charge is 0.359 e. The number of carbonyl (C=O) groups is 2. The largest absolute Gasteiger partial charge is 0.465 e. The predicted molar refractivity (Wildman–Crippen MR) is 55.9 cm³/mol. The van der Waals surface area contributed by atoms with E-state index in [-0.39, 0.29) is 23.6 Å². The maximum Gasteiger partial charge on any atom is 0.359 e. The molecule has 0 aliphatic carbocycles. The van der Waals surface area contributed by atoms with Crippen molar-refractivity contribution in [2.45, 2.75) is 6.92 Å². The van der Waals surface area contributed by atoms with Crippen LogP contribution in [0, 0.1) is 0 Å². The Morgan fingerprint density at radius 1 is 1.44 bits per heavy atom. The zero-order chi connectivity index (χ0) is 12.1. The molecule has 0 saturated heterocycles. The van der Waals surface area contributed by atoms with Crippen LogP contribution < -0.4 is 5.73 Å². The highest BCUT2D eigenvalue weighted by atomic mass is 16.5. The molecule has 6 nitrogen and oxygen atoms in total. The summed E-state index contributed by atoms with van der Waals surface area (Å²) in [5.41, 5.74) is 5.84. The van der Waals surface area contributed by atoms with Gasteiger partial charge in [-0.2, -0.15) is 0 Å². The minimum atomic E-state index is -0.614. The topological polar surface area (TPSA) is 91.5 Å². The van der Waals surface area contributed by atoms with Crippen LogP contribution in [0.3, 0.4) is 0 Å². The molecule has 1 rings (SSSR count). The van der Waals surface area contributed by atoms with Crippen molar-refractivity contribution in [2.24, 2.45) is 0 Å². The average Bonchev–Trinajstić information content (AvgIpc) is 2.28. The van der Waals surface area contributed by atoms with Crippen LogP contribution in [0.15, 0.2) is 12.3 Å². The van der Waals surface area contributed by atoms with Crippen LogP contribution in [0.4, 0.5) is 5.69 Å². The van der Waals surface area contributed by atoms with Gasteiger partial charge in [0.1, 0.15) is 0 Å². The van der Waals surface area contributed by atoms with Crippen molar-refractivity contribution in [3.63, 3.8) is 0 Å². The number of hydrogen-bond donors (Lipinski definition) is 1. The number of nitrogen functional groups attached to an aromatic ring is 1. The molecule has 1 aromatic heterocycles. The lowest BCUT2D eigenvalue weighted by Crippen LogP contribution is -2.12. The van der Waals surface area contributed by atoms with Crippen LogP contribution in [-0.4, -0.2) is 30.6 Å². The molecule has 16 heavy (non-hydrogen) atoms. The molecule has 0 fully saturated rings. The minimum absolute atomic E-state index is 0.00509. The molecule has 0 aromatic carbocycles. The summed E-state index contributed by atoms with van der Waals surface area (Å²) in [5, 5.41) is 0. The molecule has 2 N–H and O–H groups in total. The lowest BCUT2D eigenvalue weighted by Gasteiger charge is -2.05. The quantitative estimate of drug-likeness (QED) is 0.757. The van der Waals surface area contributed by atoms with Gasteiger partial charge < -0.3 is 15.2 Å². The fraction of sp³-hybridized carbons (Fsp3) is 0.300. The molecule has 0 aliphatic heterocycles. The maximum atomic E-state index is 11.3. The van der Waals surface area contributed by atoms with Crippen LogP contribution in [0.5, 0.6) is 0 Å². The summed E-state index contributed by atoms with van der Waals surface area (Å²) in [7, 11) is 1.25. The van der Waals surface area contributed by atoms with Gasteiger partial charge in [-0.15, -0.1) is 0 Å². The van der Waals surface area contributed by atoms with Crippen molar-refractivity contribution < 1.29 is 19.1 Å². The van der Waals surface area contributed by atoms with E-state index in [1.54, 1.807) is 6.92 Å². The highest BCUT2D eigenvalue weighted by Crippen LogP contribution is 2.13. The van der Waals surface area contributed by atoms with Crippen molar-refractivity contribution in [3.8, 4) is 0 Å². The van der Waals surface area contributed by atoms with Gasteiger partial charge in [0.15, 0.2) is 5.69 Å². The van der Waals surface area contributed by atoms with Crippen molar-refractivity contribution >= 4 is 17.6 Å². The molecule has 0 saturated carbocycles. The number of hydrogen-bond acceptors (Lipinski definition) is 6. The highest BCUT2D eigenvalue weighted by Gasteiger charge is 2.15. The molecular weight excluding hydrogens is 212 g/mol. The molecule has 86 valence electrons. The van der Waals surface area contributed by atoms with E-state index in [0.29, 0.717) is 0 Å². The number of rotatable bonds is 3. The molecule has 0 amide bonds. The first-order valence-corrected chi connectivity index (χ1v) is 4.61. The van der Waals surface area contributed by atoms with Gasteiger partial charge >= 0.3 is 11.9 Å². The zero-order valence-electron chi connectivity index (χ0n) is 9.02. The van der Waals surface area contributed by atoms with Crippen LogP contribution in [-0.2, 0) is 9.47 Å². The summed E-state index contributed by atoms with van der Waals surface area (Å²) in [6, 6.07) is 1.32. The lowest BCUT2D eigenvalue weighted by molar-refractivity contribution is 0.0518. The first kappa shape index (κ1) is 12.0. The number of aromatic nitrogens is 1. The van der Waals surface area contributed by atoms with Crippen LogP contribution in [0.25, 0.3) is 0 Å². The third-order valence-corrected chi connectivity index (χ3v) is 1.81. The molecule has 0 unspecified atom stereocenters. The Balaban J connectivity index is 3.00. The Morgan fingerprint density at radius 2 is 2.12 bits per heavy atom. The third kappa shape index (κ3) is 2.47. The van der Waals surface area contributed by atoms with Gasteiger partial charge in [0, 0.05) is 6.20 Å². The van der Waals surface area contributed by atoms with Gasteiger partial charge in [0.25, 0.3) is 0 Å². The van der Waals surface area contributed by atoms with Gasteiger partial charge in [-0.3, -0.25) is 0 Å². The van der Waals surface area contributed by atoms with E-state index < -0.39 is 11.9 Å². The molecule has 0 aliphatic rings. The average molecular weight is 224 g/mol. The number of nitrogens with zero attached hydrogens (tertiary/aromatic N) is 1. The van der Waals surface area contributed by atoms with Gasteiger partial charge in [-0.05, 0) is 13.0 Å². The Hall–Kier alpha value is -2.11. The number of ether oxygens (including phenoxy) is 2. The SMILES string of the molecule is CCOC(=O)c1ncc(C(=O)OC)cc1N. The van der Waals surface area contributed by atoms with E-state index in [1.807, 2.05) is 0 Å². The summed E-state index contributed by atoms with van der Waals surface area (Å²) >= 11 is 0. The summed E-state index contributed by atoms with van der Waals surface area (Å²) in [6.45, 7) is 1.91. The summed E-state index contributed by atoms with van der Waals surface area (Å²) < 4.78 is 9.23. The van der Waals surface area contributed by atoms with Crippen molar-refractivity contribution in [3.05, 3.63) is 23.5 Å². The standard InChI is InChI=1S/C10H12N2O4/c1-3-16-10(14)8-7(11)4-6(5-12-8)9(13)15-2/h4-5H,3,11H2,1-2H3. The minimum Gasteiger partial charge on any atom is -0.465 e. The van der Waals surface area contributed by atoms with Gasteiger partial charge in [-0.25, -0.2) is 14.6 Å². The number of esters is 2. The molecule has 1 heterocycles. The number of methoxy groups -OCH3 is 1. The van der Waals surface area contributed by atoms with Crippen molar-refractivity contribution in [2.75, 3.05) is 19.5 Å². The molecule has 0 bridgehead atoms. The van der Waals surface area contributed by atoms with Crippen LogP contribution >= 0.6 is 0 Å². The number of pyridine rings is 1. The summed E-state index contributed by atoms with van der Waals surface area (Å²) in [5.74, 6) is -1.17. The Bertz CT molecular complexity index is 417. The molecule has 6 heteroatoms. The first-order valence-electron chi connectivity index (χ1n) is 4.61. The fourth-order valence-corrected chi connectivity index (χ4v) is 1.08. The van der Waals surface area contributed by atoms with Gasteiger partial charge in [-0.1, -0.05) is 0 Å². The van der Waals surface area contributed by atoms with E-state index in [2.05, 4.69) is 9.72 Å². The van der Waals surface area contributed by atoms with Gasteiger partial charge in [0.2, 0.25) is 0 Å². The second-order valence-electron chi connectivity index (χ2n) is 2.87. The fourth-order valence-electron chi connectivity index (χ4n) is 1.08. The summed E-state index contributed by atoms with van der Waals surface area (Å²) in [4.78, 5) is 26.2. The predicted octanol–water partition coefficient (Wildman–Crippen LogP) is 0.627. The van der Waals surface area contributed by atoms with E-state index in [9.17, 15) is 9.59 Å². The highest BCUT2D eigenvalue weighted by molar-refractivity contribution is 5.96. The molecule has 0 radical (unpaired) electrons. The Morgan fingerprint density at radius 3 is 2.62 bits per heavy atom. The van der Waals surface area contributed by atoms with Crippen LogP contribution in [0.2, 0.25) is 0 Å². The zero-order valence-corrected chi connectivity index (χ0v) is 9.02. The van der Waals surface area contributed by atoms with Crippen LogP contribution in [0.1, 0.15) is 27.8 Å². The second-order valence-corrected chi connectivity index (χ2v) is 2.87. The van der Waals surface area contributed by atoms with Crippen molar-refractivity contribution in [1.82, 2.24) is 4.98 Å². The second kappa shape index (κ2) is 5.11. The first-order chi connectivity index (χ1) is 7.60. The molecule has 0 atom stereocenters. The Kier molecular flexibility index (Phi) is 3.82. The number of anilines is 1. The molecule has 1 aromatic rings. The van der Waals surface area contributed by atoms with E-state index in [1.165, 1.54) is 19.4 Å². The molecule has 0 spiro atoms. The number of nitrogens with two attached hydrogens (primary N) is 1. The van der Waals surface area contributed by atoms with Crippen molar-refractivity contribution in [1.29, 1.82) is 0 Å². The lowest BCUT2D eigenvalue weighted by atomic mass is 10.2. The van der Waals surface area contributed by atoms with E-state index >= 15 is 0 Å². The Labute approximate surface area is 92.4 Å². The van der Waals surface area contributed by atoms with Gasteiger partial charge in [0.05, 0.1) is 25.0 Å². The van der Waals surface area contributed by atoms with E-state index in [0.717, 1.165) is 0 Å². The molecular formula is C10H12N2O4. The monoisotopic (exact) mass is 224 g/mol. The number of carbonyl (C=O) groups excluding carboxylic acids is 2. The normalized spacial score (nSPS) is 9.62. The van der Waals surface area contributed by atoms with E-state index in [4.69, 9.17) is 10.5 Å². The maximum absolute atomic E-state index is 11.3. The summed E-state index contributed by atoms with van der Waals surface area (Å²) in [6.07, 6.45) is 1.22.